The Morgan fingerprint density at radius 3 is 2.10 bits per heavy atom. The van der Waals surface area contributed by atoms with Crippen LogP contribution in [0.3, 0.4) is 0 Å². The first-order chi connectivity index (χ1) is 14.5. The Morgan fingerprint density at radius 2 is 1.42 bits per heavy atom. The van der Waals surface area contributed by atoms with Crippen LogP contribution in [0.2, 0.25) is 0 Å². The second-order valence-corrected chi connectivity index (χ2v) is 10.7. The van der Waals surface area contributed by atoms with Crippen molar-refractivity contribution in [2.75, 3.05) is 11.9 Å². The number of benzene rings is 2. The molecule has 0 bridgehead atoms. The van der Waals surface area contributed by atoms with Crippen LogP contribution in [0.1, 0.15) is 58.2 Å². The SMILES string of the molecule is Cc1ccc2c(c1N1C=CN(C)C1(C)C)C(C)(C)C(C)(C)c1c-2ccc2cccnc12. The van der Waals surface area contributed by atoms with Gasteiger partial charge in [0.05, 0.1) is 11.2 Å². The van der Waals surface area contributed by atoms with Crippen LogP contribution in [0.25, 0.3) is 22.0 Å². The third-order valence-electron chi connectivity index (χ3n) is 8.39. The van der Waals surface area contributed by atoms with Gasteiger partial charge in [-0.25, -0.2) is 0 Å². The van der Waals surface area contributed by atoms with Gasteiger partial charge in [-0.15, -0.1) is 0 Å². The van der Waals surface area contributed by atoms with Crippen molar-refractivity contribution in [3.63, 3.8) is 0 Å². The second kappa shape index (κ2) is 6.12. The van der Waals surface area contributed by atoms with Gasteiger partial charge in [-0.05, 0) is 54.7 Å². The zero-order valence-electron chi connectivity index (χ0n) is 20.0. The summed E-state index contributed by atoms with van der Waals surface area (Å²) >= 11 is 0. The number of aromatic nitrogens is 1. The molecule has 0 atom stereocenters. The Morgan fingerprint density at radius 1 is 0.774 bits per heavy atom. The first-order valence-corrected chi connectivity index (χ1v) is 11.2. The van der Waals surface area contributed by atoms with E-state index in [1.54, 1.807) is 0 Å². The third-order valence-corrected chi connectivity index (χ3v) is 8.39. The molecule has 31 heavy (non-hydrogen) atoms. The van der Waals surface area contributed by atoms with Crippen LogP contribution in [0.5, 0.6) is 0 Å². The predicted octanol–water partition coefficient (Wildman–Crippen LogP) is 6.74. The van der Waals surface area contributed by atoms with E-state index in [2.05, 4.69) is 108 Å². The van der Waals surface area contributed by atoms with E-state index in [9.17, 15) is 0 Å². The van der Waals surface area contributed by atoms with Crippen LogP contribution < -0.4 is 4.90 Å². The molecule has 1 aromatic heterocycles. The first kappa shape index (κ1) is 20.1. The van der Waals surface area contributed by atoms with Gasteiger partial charge in [0, 0.05) is 41.9 Å². The number of rotatable bonds is 1. The van der Waals surface area contributed by atoms with E-state index in [1.807, 2.05) is 12.3 Å². The molecule has 160 valence electrons. The third kappa shape index (κ3) is 2.43. The summed E-state index contributed by atoms with van der Waals surface area (Å²) in [6, 6.07) is 13.4. The monoisotopic (exact) mass is 411 g/mol. The molecule has 2 aromatic carbocycles. The molecule has 3 nitrogen and oxygen atoms in total. The number of pyridine rings is 1. The van der Waals surface area contributed by atoms with E-state index in [1.165, 1.54) is 38.9 Å². The maximum Gasteiger partial charge on any atom is 0.110 e. The molecule has 0 saturated heterocycles. The molecule has 0 amide bonds. The van der Waals surface area contributed by atoms with Gasteiger partial charge >= 0.3 is 0 Å². The van der Waals surface area contributed by atoms with Crippen molar-refractivity contribution in [1.82, 2.24) is 9.88 Å². The molecule has 0 radical (unpaired) electrons. The van der Waals surface area contributed by atoms with E-state index in [0.29, 0.717) is 0 Å². The Bertz CT molecular complexity index is 1250. The Kier molecular flexibility index (Phi) is 3.97. The van der Waals surface area contributed by atoms with Gasteiger partial charge < -0.3 is 9.80 Å². The lowest BCUT2D eigenvalue weighted by molar-refractivity contribution is 0.250. The number of aryl methyl sites for hydroxylation is 1. The highest BCUT2D eigenvalue weighted by Crippen LogP contribution is 2.58. The van der Waals surface area contributed by atoms with E-state index in [-0.39, 0.29) is 16.5 Å². The highest BCUT2D eigenvalue weighted by Gasteiger charge is 2.50. The van der Waals surface area contributed by atoms with E-state index >= 15 is 0 Å². The Balaban J connectivity index is 1.91. The van der Waals surface area contributed by atoms with Crippen molar-refractivity contribution < 1.29 is 0 Å². The molecule has 3 aromatic rings. The van der Waals surface area contributed by atoms with E-state index in [0.717, 1.165) is 5.52 Å². The molecule has 0 unspecified atom stereocenters. The predicted molar refractivity (Wildman–Crippen MR) is 131 cm³/mol. The van der Waals surface area contributed by atoms with Crippen molar-refractivity contribution in [2.24, 2.45) is 0 Å². The molecular weight excluding hydrogens is 378 g/mol. The maximum atomic E-state index is 4.85. The zero-order chi connectivity index (χ0) is 22.3. The quantitative estimate of drug-likeness (QED) is 0.442. The minimum atomic E-state index is -0.120. The van der Waals surface area contributed by atoms with Crippen molar-refractivity contribution in [1.29, 1.82) is 0 Å². The lowest BCUT2D eigenvalue weighted by atomic mass is 9.54. The maximum absolute atomic E-state index is 4.85. The molecule has 2 aliphatic rings. The highest BCUT2D eigenvalue weighted by atomic mass is 15.4. The molecule has 0 N–H and O–H groups in total. The van der Waals surface area contributed by atoms with Crippen LogP contribution in [-0.4, -0.2) is 22.6 Å². The summed E-state index contributed by atoms with van der Waals surface area (Å²) in [4.78, 5) is 9.60. The standard InChI is InChI=1S/C28H33N3/c1-18-11-13-21-20-14-12-19-10-9-15-29-24(19)22(20)26(2,3)27(4,5)23(21)25(18)31-17-16-30(8)28(31,6)7/h9-17H,1-8H3. The molecule has 0 fully saturated rings. The van der Waals surface area contributed by atoms with Crippen LogP contribution in [-0.2, 0) is 10.8 Å². The zero-order valence-corrected chi connectivity index (χ0v) is 20.0. The van der Waals surface area contributed by atoms with Crippen molar-refractivity contribution in [3.05, 3.63) is 71.7 Å². The summed E-state index contributed by atoms with van der Waals surface area (Å²) in [7, 11) is 2.16. The minimum absolute atomic E-state index is 0.0897. The van der Waals surface area contributed by atoms with Crippen LogP contribution in [0.15, 0.2) is 55.0 Å². The van der Waals surface area contributed by atoms with Gasteiger partial charge in [0.1, 0.15) is 5.66 Å². The van der Waals surface area contributed by atoms with Gasteiger partial charge in [0.15, 0.2) is 0 Å². The average molecular weight is 412 g/mol. The summed E-state index contributed by atoms with van der Waals surface area (Å²) < 4.78 is 0. The van der Waals surface area contributed by atoms with Crippen LogP contribution in [0.4, 0.5) is 5.69 Å². The minimum Gasteiger partial charge on any atom is -0.357 e. The fourth-order valence-corrected chi connectivity index (χ4v) is 5.54. The molecule has 0 saturated carbocycles. The summed E-state index contributed by atoms with van der Waals surface area (Å²) in [5.74, 6) is 0. The van der Waals surface area contributed by atoms with Gasteiger partial charge in [-0.2, -0.15) is 0 Å². The van der Waals surface area contributed by atoms with Gasteiger partial charge in [0.25, 0.3) is 0 Å². The lowest BCUT2D eigenvalue weighted by Gasteiger charge is -2.51. The Labute approximate surface area is 186 Å². The molecule has 2 heterocycles. The fraction of sp³-hybridized carbons (Fsp3) is 0.393. The van der Waals surface area contributed by atoms with Crippen LogP contribution >= 0.6 is 0 Å². The summed E-state index contributed by atoms with van der Waals surface area (Å²) in [6.45, 7) is 16.4. The Hall–Kier alpha value is -2.81. The molecular formula is C28H33N3. The summed E-state index contributed by atoms with van der Waals surface area (Å²) in [5, 5.41) is 1.21. The second-order valence-electron chi connectivity index (χ2n) is 10.7. The van der Waals surface area contributed by atoms with Gasteiger partial charge in [-0.3, -0.25) is 4.98 Å². The smallest absolute Gasteiger partial charge is 0.110 e. The molecule has 0 spiro atoms. The van der Waals surface area contributed by atoms with Crippen molar-refractivity contribution in [2.45, 2.75) is 65.0 Å². The summed E-state index contributed by atoms with van der Waals surface area (Å²) in [6.07, 6.45) is 6.35. The number of hydrogen-bond donors (Lipinski definition) is 0. The highest BCUT2D eigenvalue weighted by molar-refractivity contribution is 5.95. The number of anilines is 1. The van der Waals surface area contributed by atoms with E-state index in [4.69, 9.17) is 4.98 Å². The lowest BCUT2D eigenvalue weighted by Crippen LogP contribution is -2.49. The molecule has 1 aliphatic carbocycles. The topological polar surface area (TPSA) is 19.4 Å². The fourth-order valence-electron chi connectivity index (χ4n) is 5.54. The van der Waals surface area contributed by atoms with Crippen LogP contribution in [0, 0.1) is 6.92 Å². The number of nitrogens with zero attached hydrogens (tertiary/aromatic N) is 3. The van der Waals surface area contributed by atoms with Crippen molar-refractivity contribution in [3.8, 4) is 11.1 Å². The van der Waals surface area contributed by atoms with Crippen molar-refractivity contribution >= 4 is 16.6 Å². The summed E-state index contributed by atoms with van der Waals surface area (Å²) in [5.41, 5.74) is 8.95. The molecule has 5 rings (SSSR count). The van der Waals surface area contributed by atoms with E-state index < -0.39 is 0 Å². The van der Waals surface area contributed by atoms with Gasteiger partial charge in [0.2, 0.25) is 0 Å². The number of hydrogen-bond acceptors (Lipinski definition) is 3. The normalized spacial score (nSPS) is 20.1. The average Bonchev–Trinajstić information content (AvgIpc) is 2.98. The number of fused-ring (bicyclic) bond motifs is 5. The first-order valence-electron chi connectivity index (χ1n) is 11.2. The largest absolute Gasteiger partial charge is 0.357 e. The molecule has 1 aliphatic heterocycles. The van der Waals surface area contributed by atoms with Gasteiger partial charge in [-0.1, -0.05) is 58.0 Å². The molecule has 3 heteroatoms.